The van der Waals surface area contributed by atoms with Gasteiger partial charge in [-0.3, -0.25) is 4.79 Å². The minimum Gasteiger partial charge on any atom is -0.364 e. The molecule has 0 N–H and O–H groups in total. The van der Waals surface area contributed by atoms with Crippen molar-refractivity contribution in [3.63, 3.8) is 0 Å². The van der Waals surface area contributed by atoms with Crippen molar-refractivity contribution in [3.05, 3.63) is 47.7 Å². The van der Waals surface area contributed by atoms with Crippen LogP contribution in [-0.4, -0.2) is 17.2 Å². The number of carbonyl (C=O) groups is 1. The number of ketones is 1. The average molecular weight is 259 g/mol. The maximum atomic E-state index is 11.9. The lowest BCUT2D eigenvalue weighted by Gasteiger charge is -2.25. The molecule has 0 bridgehead atoms. The molecule has 2 nitrogen and oxygen atoms in total. The number of carbonyl (C=O) groups excluding carboxylic acids is 1. The van der Waals surface area contributed by atoms with Crippen LogP contribution >= 0.6 is 0 Å². The van der Waals surface area contributed by atoms with Crippen LogP contribution in [0.5, 0.6) is 0 Å². The molecule has 0 radical (unpaired) electrons. The molecule has 2 heteroatoms. The molecular formula is C17H25NO. The van der Waals surface area contributed by atoms with E-state index in [0.29, 0.717) is 18.7 Å². The number of rotatable bonds is 8. The van der Waals surface area contributed by atoms with E-state index in [-0.39, 0.29) is 0 Å². The molecule has 0 atom stereocenters. The Morgan fingerprint density at radius 3 is 2.47 bits per heavy atom. The summed E-state index contributed by atoms with van der Waals surface area (Å²) in [5, 5.41) is 0. The van der Waals surface area contributed by atoms with Crippen molar-refractivity contribution >= 4 is 5.78 Å². The molecule has 19 heavy (non-hydrogen) atoms. The Balaban J connectivity index is 2.75. The van der Waals surface area contributed by atoms with Crippen LogP contribution in [0, 0.1) is 0 Å². The van der Waals surface area contributed by atoms with Crippen LogP contribution in [-0.2, 0) is 11.3 Å². The van der Waals surface area contributed by atoms with E-state index in [4.69, 9.17) is 0 Å². The molecule has 0 heterocycles. The van der Waals surface area contributed by atoms with Crippen molar-refractivity contribution in [2.75, 3.05) is 6.54 Å². The lowest BCUT2D eigenvalue weighted by molar-refractivity contribution is -0.119. The SMILES string of the molecule is CC/C=C(/C)N(CC(=O)CCC)Cc1ccccc1. The van der Waals surface area contributed by atoms with Gasteiger partial charge in [0.25, 0.3) is 0 Å². The van der Waals surface area contributed by atoms with Crippen LogP contribution in [0.3, 0.4) is 0 Å². The highest BCUT2D eigenvalue weighted by molar-refractivity contribution is 5.80. The monoisotopic (exact) mass is 259 g/mol. The van der Waals surface area contributed by atoms with Crippen molar-refractivity contribution in [3.8, 4) is 0 Å². The van der Waals surface area contributed by atoms with Gasteiger partial charge in [0, 0.05) is 18.7 Å². The first-order valence-electron chi connectivity index (χ1n) is 7.14. The van der Waals surface area contributed by atoms with E-state index in [0.717, 1.165) is 19.4 Å². The Bertz CT molecular complexity index is 409. The summed E-state index contributed by atoms with van der Waals surface area (Å²) in [5.41, 5.74) is 2.44. The lowest BCUT2D eigenvalue weighted by atomic mass is 10.1. The molecule has 0 spiro atoms. The van der Waals surface area contributed by atoms with Crippen LogP contribution in [0.2, 0.25) is 0 Å². The van der Waals surface area contributed by atoms with Gasteiger partial charge < -0.3 is 4.90 Å². The van der Waals surface area contributed by atoms with Gasteiger partial charge in [-0.05, 0) is 25.3 Å². The first-order chi connectivity index (χ1) is 9.17. The third-order valence-electron chi connectivity index (χ3n) is 3.11. The second-order valence-electron chi connectivity index (χ2n) is 4.88. The molecule has 104 valence electrons. The first kappa shape index (κ1) is 15.5. The van der Waals surface area contributed by atoms with Gasteiger partial charge in [0.05, 0.1) is 6.54 Å². The smallest absolute Gasteiger partial charge is 0.152 e. The van der Waals surface area contributed by atoms with Crippen LogP contribution in [0.15, 0.2) is 42.1 Å². The lowest BCUT2D eigenvalue weighted by Crippen LogP contribution is -2.28. The Labute approximate surface area is 117 Å². The Kier molecular flexibility index (Phi) is 6.94. The molecule has 0 aromatic heterocycles. The molecule has 1 rings (SSSR count). The van der Waals surface area contributed by atoms with Crippen LogP contribution in [0.25, 0.3) is 0 Å². The molecule has 0 aliphatic heterocycles. The summed E-state index contributed by atoms with van der Waals surface area (Å²) >= 11 is 0. The summed E-state index contributed by atoms with van der Waals surface area (Å²) in [7, 11) is 0. The fraction of sp³-hybridized carbons (Fsp3) is 0.471. The molecule has 0 aliphatic rings. The third kappa shape index (κ3) is 5.73. The van der Waals surface area contributed by atoms with Gasteiger partial charge in [-0.1, -0.05) is 50.3 Å². The van der Waals surface area contributed by atoms with E-state index in [2.05, 4.69) is 37.0 Å². The zero-order valence-electron chi connectivity index (χ0n) is 12.4. The van der Waals surface area contributed by atoms with Gasteiger partial charge >= 0.3 is 0 Å². The van der Waals surface area contributed by atoms with E-state index in [9.17, 15) is 4.79 Å². The molecule has 0 saturated carbocycles. The molecular weight excluding hydrogens is 234 g/mol. The minimum absolute atomic E-state index is 0.322. The quantitative estimate of drug-likeness (QED) is 0.698. The van der Waals surface area contributed by atoms with Crippen molar-refractivity contribution in [2.45, 2.75) is 46.6 Å². The summed E-state index contributed by atoms with van der Waals surface area (Å²) in [6, 6.07) is 10.3. The van der Waals surface area contributed by atoms with E-state index in [1.807, 2.05) is 25.1 Å². The number of hydrogen-bond donors (Lipinski definition) is 0. The predicted molar refractivity (Wildman–Crippen MR) is 80.8 cm³/mol. The Morgan fingerprint density at radius 2 is 1.89 bits per heavy atom. The van der Waals surface area contributed by atoms with Gasteiger partial charge in [-0.15, -0.1) is 0 Å². The Morgan fingerprint density at radius 1 is 1.21 bits per heavy atom. The second-order valence-corrected chi connectivity index (χ2v) is 4.88. The van der Waals surface area contributed by atoms with Crippen molar-refractivity contribution in [2.24, 2.45) is 0 Å². The van der Waals surface area contributed by atoms with Gasteiger partial charge in [-0.2, -0.15) is 0 Å². The molecule has 1 aromatic rings. The van der Waals surface area contributed by atoms with Crippen LogP contribution < -0.4 is 0 Å². The zero-order chi connectivity index (χ0) is 14.1. The average Bonchev–Trinajstić information content (AvgIpc) is 2.40. The molecule has 0 fully saturated rings. The third-order valence-corrected chi connectivity index (χ3v) is 3.11. The first-order valence-corrected chi connectivity index (χ1v) is 7.14. The van der Waals surface area contributed by atoms with Crippen molar-refractivity contribution in [1.29, 1.82) is 0 Å². The molecule has 1 aromatic carbocycles. The predicted octanol–water partition coefficient (Wildman–Crippen LogP) is 4.17. The highest BCUT2D eigenvalue weighted by atomic mass is 16.1. The maximum Gasteiger partial charge on any atom is 0.152 e. The van der Waals surface area contributed by atoms with Gasteiger partial charge in [0.15, 0.2) is 5.78 Å². The van der Waals surface area contributed by atoms with E-state index in [1.165, 1.54) is 11.3 Å². The van der Waals surface area contributed by atoms with E-state index >= 15 is 0 Å². The van der Waals surface area contributed by atoms with Crippen molar-refractivity contribution < 1.29 is 4.79 Å². The van der Waals surface area contributed by atoms with Crippen molar-refractivity contribution in [1.82, 2.24) is 4.90 Å². The fourth-order valence-electron chi connectivity index (χ4n) is 2.10. The second kappa shape index (κ2) is 8.52. The van der Waals surface area contributed by atoms with Gasteiger partial charge in [-0.25, -0.2) is 0 Å². The summed E-state index contributed by atoms with van der Waals surface area (Å²) in [6.45, 7) is 7.58. The number of nitrogens with zero attached hydrogens (tertiary/aromatic N) is 1. The zero-order valence-corrected chi connectivity index (χ0v) is 12.4. The fourth-order valence-corrected chi connectivity index (χ4v) is 2.10. The molecule has 0 unspecified atom stereocenters. The number of Topliss-reactive ketones (excluding diaryl/α,β-unsaturated/α-hetero) is 1. The summed E-state index contributed by atoms with van der Waals surface area (Å²) in [6.07, 6.45) is 4.78. The maximum absolute atomic E-state index is 11.9. The van der Waals surface area contributed by atoms with E-state index < -0.39 is 0 Å². The van der Waals surface area contributed by atoms with Gasteiger partial charge in [0.2, 0.25) is 0 Å². The van der Waals surface area contributed by atoms with Crippen LogP contribution in [0.1, 0.15) is 45.6 Å². The summed E-state index contributed by atoms with van der Waals surface area (Å²) in [4.78, 5) is 14.1. The number of benzene rings is 1. The summed E-state index contributed by atoms with van der Waals surface area (Å²) < 4.78 is 0. The molecule has 0 saturated heterocycles. The number of allylic oxidation sites excluding steroid dienone is 2. The largest absolute Gasteiger partial charge is 0.364 e. The molecule has 0 amide bonds. The van der Waals surface area contributed by atoms with E-state index in [1.54, 1.807) is 0 Å². The van der Waals surface area contributed by atoms with Crippen LogP contribution in [0.4, 0.5) is 0 Å². The number of hydrogen-bond acceptors (Lipinski definition) is 2. The summed E-state index contributed by atoms with van der Waals surface area (Å²) in [5.74, 6) is 0.322. The van der Waals surface area contributed by atoms with Gasteiger partial charge in [0.1, 0.15) is 0 Å². The minimum atomic E-state index is 0.322. The molecule has 0 aliphatic carbocycles. The standard InChI is InChI=1S/C17H25NO/c1-4-9-15(3)18(14-17(19)10-5-2)13-16-11-7-6-8-12-16/h6-9,11-12H,4-5,10,13-14H2,1-3H3/b15-9-. The normalized spacial score (nSPS) is 11.4. The highest BCUT2D eigenvalue weighted by Crippen LogP contribution is 2.12. The Hall–Kier alpha value is -1.57. The topological polar surface area (TPSA) is 20.3 Å². The highest BCUT2D eigenvalue weighted by Gasteiger charge is 2.11.